The largest absolute Gasteiger partial charge is 0.292 e. The summed E-state index contributed by atoms with van der Waals surface area (Å²) < 4.78 is 12.6. The van der Waals surface area contributed by atoms with E-state index in [1.165, 1.54) is 0 Å². The lowest BCUT2D eigenvalue weighted by Gasteiger charge is -2.33. The van der Waals surface area contributed by atoms with E-state index in [-0.39, 0.29) is 20.2 Å². The molecule has 3 rings (SSSR count). The summed E-state index contributed by atoms with van der Waals surface area (Å²) in [4.78, 5) is 13.8. The molecule has 0 N–H and O–H groups in total. The van der Waals surface area contributed by atoms with Gasteiger partial charge in [0.15, 0.2) is 14.2 Å². The second-order valence-electron chi connectivity index (χ2n) is 7.31. The van der Waals surface area contributed by atoms with Crippen molar-refractivity contribution in [3.63, 3.8) is 0 Å². The highest BCUT2D eigenvalue weighted by Crippen LogP contribution is 2.51. The van der Waals surface area contributed by atoms with E-state index in [9.17, 15) is 9.36 Å². The van der Waals surface area contributed by atoms with Crippen LogP contribution in [0, 0.1) is 26.7 Å². The lowest BCUT2D eigenvalue weighted by molar-refractivity contribution is 0.0899. The Morgan fingerprint density at radius 2 is 1.56 bits per heavy atom. The molecule has 0 spiro atoms. The molecule has 2 nitrogen and oxygen atoms in total. The van der Waals surface area contributed by atoms with Crippen LogP contribution in [0.4, 0.5) is 0 Å². The first kappa shape index (κ1) is 18.0. The molecule has 1 aliphatic rings. The second-order valence-corrected chi connectivity index (χ2v) is 8.20. The van der Waals surface area contributed by atoms with Crippen molar-refractivity contribution < 1.29 is 9.36 Å². The molecule has 0 aromatic heterocycles. The number of ketones is 1. The van der Waals surface area contributed by atoms with E-state index in [4.69, 9.17) is 0 Å². The molecule has 2 aromatic rings. The van der Waals surface area contributed by atoms with Crippen LogP contribution in [0.15, 0.2) is 42.5 Å². The number of benzene rings is 2. The van der Waals surface area contributed by atoms with E-state index in [1.807, 2.05) is 63.2 Å². The van der Waals surface area contributed by atoms with Crippen LogP contribution in [0.1, 0.15) is 58.3 Å². The molecule has 0 aliphatic heterocycles. The summed E-state index contributed by atoms with van der Waals surface area (Å²) in [5.41, 5.74) is 4.72. The summed E-state index contributed by atoms with van der Waals surface area (Å²) in [5.74, 6) is 0.138. The molecule has 1 atom stereocenters. The molecule has 2 aromatic carbocycles. The van der Waals surface area contributed by atoms with Gasteiger partial charge in [-0.05, 0) is 56.2 Å². The van der Waals surface area contributed by atoms with Crippen molar-refractivity contribution >= 4 is 14.2 Å². The predicted octanol–water partition coefficient (Wildman–Crippen LogP) is 6.17. The Morgan fingerprint density at radius 1 is 1.00 bits per heavy atom. The fraction of sp³-hybridized carbons (Fsp3) is 0.409. The van der Waals surface area contributed by atoms with Gasteiger partial charge in [0, 0.05) is 5.56 Å². The first-order chi connectivity index (χ1) is 12.0. The van der Waals surface area contributed by atoms with Crippen molar-refractivity contribution in [3.05, 3.63) is 70.3 Å². The fourth-order valence-electron chi connectivity index (χ4n) is 4.49. The Morgan fingerprint density at radius 3 is 2.08 bits per heavy atom. The van der Waals surface area contributed by atoms with Gasteiger partial charge in [-0.2, -0.15) is 0 Å². The van der Waals surface area contributed by atoms with Gasteiger partial charge in [-0.15, -0.1) is 0 Å². The maximum atomic E-state index is 13.8. The monoisotopic (exact) mass is 352 g/mol. The Kier molecular flexibility index (Phi) is 5.20. The van der Waals surface area contributed by atoms with Gasteiger partial charge in [-0.1, -0.05) is 60.9 Å². The number of aryl methyl sites for hydroxylation is 3. The molecule has 1 aliphatic carbocycles. The summed E-state index contributed by atoms with van der Waals surface area (Å²) in [6.45, 7) is 6.01. The molecule has 1 saturated carbocycles. The van der Waals surface area contributed by atoms with Crippen LogP contribution >= 0.6 is 8.46 Å². The van der Waals surface area contributed by atoms with Gasteiger partial charge in [-0.3, -0.25) is 9.36 Å². The van der Waals surface area contributed by atoms with Crippen LogP contribution in [-0.2, 0) is 9.72 Å². The van der Waals surface area contributed by atoms with Crippen molar-refractivity contribution in [2.45, 2.75) is 51.6 Å². The highest BCUT2D eigenvalue weighted by molar-refractivity contribution is 7.27. The lowest BCUT2D eigenvalue weighted by Crippen LogP contribution is -2.38. The standard InChI is InChI=1S/C22H25O2P/c1-15-13-16(2)20(17(3)14-15)21(23)22(25-24,19-11-7-8-12-19)18-9-5-4-6-10-18/h4-6,9-10,13-14,19H,7-8,11-12H2,1-3H3. The summed E-state index contributed by atoms with van der Waals surface area (Å²) in [7, 11) is -0.0902. The van der Waals surface area contributed by atoms with E-state index in [1.54, 1.807) is 0 Å². The first-order valence-electron chi connectivity index (χ1n) is 9.03. The molecule has 0 radical (unpaired) electrons. The molecular formula is C22H25O2P. The van der Waals surface area contributed by atoms with E-state index in [0.29, 0.717) is 0 Å². The summed E-state index contributed by atoms with van der Waals surface area (Å²) in [6.07, 6.45) is 4.13. The molecule has 3 heteroatoms. The van der Waals surface area contributed by atoms with Gasteiger partial charge < -0.3 is 0 Å². The number of hydrogen-bond donors (Lipinski definition) is 0. The molecule has 0 amide bonds. The minimum atomic E-state index is -0.970. The van der Waals surface area contributed by atoms with Crippen molar-refractivity contribution in [2.24, 2.45) is 5.92 Å². The summed E-state index contributed by atoms with van der Waals surface area (Å²) in [6, 6.07) is 13.8. The zero-order chi connectivity index (χ0) is 18.0. The molecule has 0 bridgehead atoms. The van der Waals surface area contributed by atoms with E-state index in [2.05, 4.69) is 0 Å². The maximum absolute atomic E-state index is 13.8. The summed E-state index contributed by atoms with van der Waals surface area (Å²) in [5, 5.41) is -0.970. The summed E-state index contributed by atoms with van der Waals surface area (Å²) >= 11 is 0. The number of carbonyl (C=O) groups is 1. The Bertz CT molecular complexity index is 768. The maximum Gasteiger partial charge on any atom is 0.185 e. The van der Waals surface area contributed by atoms with E-state index < -0.39 is 5.16 Å². The van der Waals surface area contributed by atoms with Crippen molar-refractivity contribution in [2.75, 3.05) is 0 Å². The third kappa shape index (κ3) is 3.09. The fourth-order valence-corrected chi connectivity index (χ4v) is 5.34. The SMILES string of the molecule is Cc1cc(C)c(C(=O)C(P=O)(c2ccccc2)C2CCCC2)c(C)c1. The van der Waals surface area contributed by atoms with Gasteiger partial charge in [0.05, 0.1) is 0 Å². The average Bonchev–Trinajstić information content (AvgIpc) is 3.11. The third-order valence-electron chi connectivity index (χ3n) is 5.55. The predicted molar refractivity (Wildman–Crippen MR) is 103 cm³/mol. The Labute approximate surface area is 151 Å². The number of carbonyl (C=O) groups excluding carboxylic acids is 1. The smallest absolute Gasteiger partial charge is 0.185 e. The lowest BCUT2D eigenvalue weighted by atomic mass is 9.76. The number of Topliss-reactive ketones (excluding diaryl/α,β-unsaturated/α-hetero) is 1. The van der Waals surface area contributed by atoms with Crippen LogP contribution in [0.5, 0.6) is 0 Å². The van der Waals surface area contributed by atoms with Crippen LogP contribution in [0.25, 0.3) is 0 Å². The molecule has 1 unspecified atom stereocenters. The molecule has 0 heterocycles. The Balaban J connectivity index is 2.22. The van der Waals surface area contributed by atoms with Gasteiger partial charge in [0.2, 0.25) is 0 Å². The highest BCUT2D eigenvalue weighted by Gasteiger charge is 2.49. The topological polar surface area (TPSA) is 34.1 Å². The van der Waals surface area contributed by atoms with Gasteiger partial charge >= 0.3 is 0 Å². The quantitative estimate of drug-likeness (QED) is 0.476. The molecule has 1 fully saturated rings. The van der Waals surface area contributed by atoms with Crippen molar-refractivity contribution in [1.82, 2.24) is 0 Å². The van der Waals surface area contributed by atoms with Crippen molar-refractivity contribution in [3.8, 4) is 0 Å². The van der Waals surface area contributed by atoms with E-state index in [0.717, 1.165) is 53.5 Å². The molecule has 25 heavy (non-hydrogen) atoms. The minimum Gasteiger partial charge on any atom is -0.292 e. The van der Waals surface area contributed by atoms with Crippen LogP contribution < -0.4 is 0 Å². The van der Waals surface area contributed by atoms with E-state index >= 15 is 0 Å². The zero-order valence-corrected chi connectivity index (χ0v) is 16.1. The van der Waals surface area contributed by atoms with Crippen molar-refractivity contribution in [1.29, 1.82) is 0 Å². The number of rotatable bonds is 5. The average molecular weight is 352 g/mol. The van der Waals surface area contributed by atoms with Crippen LogP contribution in [0.2, 0.25) is 0 Å². The van der Waals surface area contributed by atoms with Crippen LogP contribution in [-0.4, -0.2) is 5.78 Å². The molecule has 130 valence electrons. The zero-order valence-electron chi connectivity index (χ0n) is 15.2. The van der Waals surface area contributed by atoms with Gasteiger partial charge in [-0.25, -0.2) is 0 Å². The van der Waals surface area contributed by atoms with Gasteiger partial charge in [0.1, 0.15) is 5.16 Å². The second kappa shape index (κ2) is 7.22. The molecular weight excluding hydrogens is 327 g/mol. The first-order valence-corrected chi connectivity index (χ1v) is 9.84. The third-order valence-corrected chi connectivity index (χ3v) is 6.67. The highest BCUT2D eigenvalue weighted by atomic mass is 31.1. The molecule has 0 saturated heterocycles. The Hall–Kier alpha value is -1.79. The normalized spacial score (nSPS) is 17.6. The minimum absolute atomic E-state index is 0.0114. The van der Waals surface area contributed by atoms with Gasteiger partial charge in [0.25, 0.3) is 0 Å². The number of hydrogen-bond acceptors (Lipinski definition) is 2. The van der Waals surface area contributed by atoms with Crippen LogP contribution in [0.3, 0.4) is 0 Å².